The molecule has 0 aromatic heterocycles. The van der Waals surface area contributed by atoms with Gasteiger partial charge < -0.3 is 14.2 Å². The summed E-state index contributed by atoms with van der Waals surface area (Å²) in [5, 5.41) is -6.10. The van der Waals surface area contributed by atoms with E-state index in [1.54, 1.807) is 0 Å². The highest BCUT2D eigenvalue weighted by Crippen LogP contribution is 2.42. The Morgan fingerprint density at radius 1 is 1.10 bits per heavy atom. The summed E-state index contributed by atoms with van der Waals surface area (Å²) in [6.45, 7) is 2.83. The van der Waals surface area contributed by atoms with Crippen molar-refractivity contribution in [3.8, 4) is 0 Å². The molecule has 0 aromatic carbocycles. The van der Waals surface area contributed by atoms with E-state index in [9.17, 15) is 48.7 Å². The van der Waals surface area contributed by atoms with Crippen LogP contribution in [0.25, 0.3) is 0 Å². The van der Waals surface area contributed by atoms with E-state index in [1.165, 1.54) is 13.8 Å². The molecule has 8 nitrogen and oxygen atoms in total. The van der Waals surface area contributed by atoms with E-state index in [0.717, 1.165) is 0 Å². The first-order valence-electron chi connectivity index (χ1n) is 7.71. The van der Waals surface area contributed by atoms with Crippen molar-refractivity contribution in [1.29, 1.82) is 0 Å². The van der Waals surface area contributed by atoms with Gasteiger partial charge in [-0.05, 0) is 5.92 Å². The Morgan fingerprint density at radius 2 is 1.60 bits per heavy atom. The van der Waals surface area contributed by atoms with Gasteiger partial charge in [0.05, 0.1) is 13.2 Å². The molecule has 0 spiro atoms. The molecule has 0 aliphatic carbocycles. The number of hydrogen-bond donors (Lipinski definition) is 1. The standard InChI is InChI=1S/C14H17F7O8S/c1-4-9(22)29-12(13(17,18)19,10(23)27-7-8(2)3)28-6-5-11(15,16)14(20,21)30(24,25)26/h4,8H,1,5-7H2,2-3H3,(H,24,25,26). The van der Waals surface area contributed by atoms with Gasteiger partial charge in [-0.1, -0.05) is 20.4 Å². The molecule has 16 heteroatoms. The molecule has 0 amide bonds. The molecule has 30 heavy (non-hydrogen) atoms. The summed E-state index contributed by atoms with van der Waals surface area (Å²) in [4.78, 5) is 23.2. The van der Waals surface area contributed by atoms with Crippen LogP contribution in [0.1, 0.15) is 20.3 Å². The fourth-order valence-electron chi connectivity index (χ4n) is 1.56. The third kappa shape index (κ3) is 6.28. The summed E-state index contributed by atoms with van der Waals surface area (Å²) in [5.41, 5.74) is 0. The lowest BCUT2D eigenvalue weighted by molar-refractivity contribution is -0.357. The van der Waals surface area contributed by atoms with Crippen LogP contribution in [0.4, 0.5) is 30.7 Å². The van der Waals surface area contributed by atoms with Gasteiger partial charge in [-0.15, -0.1) is 0 Å². The van der Waals surface area contributed by atoms with Crippen LogP contribution >= 0.6 is 0 Å². The monoisotopic (exact) mass is 478 g/mol. The molecule has 0 aromatic rings. The van der Waals surface area contributed by atoms with E-state index < -0.39 is 70.7 Å². The fourth-order valence-corrected chi connectivity index (χ4v) is 2.04. The van der Waals surface area contributed by atoms with Crippen LogP contribution in [-0.2, 0) is 33.9 Å². The zero-order chi connectivity index (χ0) is 24.2. The Balaban J connectivity index is 5.91. The van der Waals surface area contributed by atoms with Crippen molar-refractivity contribution in [2.24, 2.45) is 5.92 Å². The van der Waals surface area contributed by atoms with E-state index >= 15 is 0 Å². The minimum atomic E-state index is -6.66. The first kappa shape index (κ1) is 28.1. The van der Waals surface area contributed by atoms with Gasteiger partial charge in [0.15, 0.2) is 0 Å². The maximum atomic E-state index is 13.5. The molecular weight excluding hydrogens is 461 g/mol. The molecule has 0 rings (SSSR count). The molecule has 0 saturated heterocycles. The largest absolute Gasteiger partial charge is 0.468 e. The average Bonchev–Trinajstić information content (AvgIpc) is 2.55. The van der Waals surface area contributed by atoms with Gasteiger partial charge in [0, 0.05) is 12.5 Å². The fraction of sp³-hybridized carbons (Fsp3) is 0.714. The summed E-state index contributed by atoms with van der Waals surface area (Å²) >= 11 is 0. The minimum Gasteiger partial charge on any atom is -0.460 e. The van der Waals surface area contributed by atoms with E-state index in [-0.39, 0.29) is 6.08 Å². The number of halogens is 7. The molecule has 1 atom stereocenters. The Morgan fingerprint density at radius 3 is 1.97 bits per heavy atom. The second kappa shape index (κ2) is 9.47. The predicted molar refractivity (Wildman–Crippen MR) is 82.9 cm³/mol. The number of rotatable bonds is 11. The molecule has 0 heterocycles. The van der Waals surface area contributed by atoms with Crippen molar-refractivity contribution in [3.63, 3.8) is 0 Å². The van der Waals surface area contributed by atoms with Gasteiger partial charge in [-0.3, -0.25) is 4.55 Å². The number of carbonyl (C=O) groups excluding carboxylic acids is 2. The topological polar surface area (TPSA) is 116 Å². The third-order valence-corrected chi connectivity index (χ3v) is 4.02. The van der Waals surface area contributed by atoms with Crippen molar-refractivity contribution in [3.05, 3.63) is 12.7 Å². The maximum Gasteiger partial charge on any atom is 0.468 e. The van der Waals surface area contributed by atoms with Crippen LogP contribution in [0.15, 0.2) is 12.7 Å². The first-order chi connectivity index (χ1) is 13.2. The smallest absolute Gasteiger partial charge is 0.460 e. The van der Waals surface area contributed by atoms with Crippen LogP contribution in [0, 0.1) is 5.92 Å². The summed E-state index contributed by atoms with van der Waals surface area (Å²) < 4.78 is 135. The molecule has 1 unspecified atom stereocenters. The van der Waals surface area contributed by atoms with Crippen molar-refractivity contribution in [2.45, 2.75) is 43.4 Å². The van der Waals surface area contributed by atoms with E-state index in [0.29, 0.717) is 0 Å². The maximum absolute atomic E-state index is 13.5. The van der Waals surface area contributed by atoms with Gasteiger partial charge in [0.25, 0.3) is 0 Å². The SMILES string of the molecule is C=CC(=O)OC(OCCC(F)(F)C(F)(F)S(=O)(=O)O)(C(=O)OCC(C)C)C(F)(F)F. The zero-order valence-corrected chi connectivity index (χ0v) is 16.2. The summed E-state index contributed by atoms with van der Waals surface area (Å²) in [6.07, 6.45) is -8.23. The second-order valence-electron chi connectivity index (χ2n) is 6.03. The molecule has 1 N–H and O–H groups in total. The summed E-state index contributed by atoms with van der Waals surface area (Å²) in [7, 11) is -6.66. The van der Waals surface area contributed by atoms with Crippen LogP contribution in [0.3, 0.4) is 0 Å². The molecule has 0 aliphatic rings. The van der Waals surface area contributed by atoms with Crippen molar-refractivity contribution in [1.82, 2.24) is 0 Å². The number of ether oxygens (including phenoxy) is 3. The van der Waals surface area contributed by atoms with Gasteiger partial charge in [-0.2, -0.15) is 39.2 Å². The van der Waals surface area contributed by atoms with Crippen LogP contribution in [0.2, 0.25) is 0 Å². The lowest BCUT2D eigenvalue weighted by Crippen LogP contribution is -2.59. The van der Waals surface area contributed by atoms with Crippen LogP contribution < -0.4 is 0 Å². The van der Waals surface area contributed by atoms with E-state index in [2.05, 4.69) is 20.8 Å². The normalized spacial score (nSPS) is 15.4. The van der Waals surface area contributed by atoms with E-state index in [4.69, 9.17) is 4.55 Å². The molecule has 0 bridgehead atoms. The number of carbonyl (C=O) groups is 2. The average molecular weight is 478 g/mol. The summed E-state index contributed by atoms with van der Waals surface area (Å²) in [6, 6.07) is 0. The Kier molecular flexibility index (Phi) is 8.85. The molecule has 176 valence electrons. The predicted octanol–water partition coefficient (Wildman–Crippen LogP) is 2.70. The molecule has 0 radical (unpaired) electrons. The first-order valence-corrected chi connectivity index (χ1v) is 9.15. The number of hydrogen-bond acceptors (Lipinski definition) is 7. The van der Waals surface area contributed by atoms with Gasteiger partial charge in [0.1, 0.15) is 0 Å². The molecule has 0 fully saturated rings. The molecule has 0 aliphatic heterocycles. The highest BCUT2D eigenvalue weighted by Gasteiger charge is 2.69. The number of esters is 2. The van der Waals surface area contributed by atoms with Crippen molar-refractivity contribution in [2.75, 3.05) is 13.2 Å². The molecular formula is C14H17F7O8S. The van der Waals surface area contributed by atoms with Crippen molar-refractivity contribution >= 4 is 22.1 Å². The Bertz CT molecular complexity index is 748. The minimum absolute atomic E-state index is 0.153. The third-order valence-electron chi connectivity index (χ3n) is 3.07. The zero-order valence-electron chi connectivity index (χ0n) is 15.3. The second-order valence-corrected chi connectivity index (χ2v) is 7.49. The Labute approximate surface area is 165 Å². The summed E-state index contributed by atoms with van der Waals surface area (Å²) in [5.74, 6) is -15.1. The lowest BCUT2D eigenvalue weighted by atomic mass is 10.2. The van der Waals surface area contributed by atoms with Gasteiger partial charge in [0.2, 0.25) is 0 Å². The highest BCUT2D eigenvalue weighted by molar-refractivity contribution is 7.87. The van der Waals surface area contributed by atoms with Gasteiger partial charge >= 0.3 is 45.2 Å². The van der Waals surface area contributed by atoms with E-state index in [1.807, 2.05) is 0 Å². The number of alkyl halides is 7. The van der Waals surface area contributed by atoms with Crippen molar-refractivity contribution < 1.29 is 67.5 Å². The lowest BCUT2D eigenvalue weighted by Gasteiger charge is -2.33. The van der Waals surface area contributed by atoms with Gasteiger partial charge in [-0.25, -0.2) is 9.59 Å². The Hall–Kier alpha value is -1.94. The van der Waals surface area contributed by atoms with Crippen LogP contribution in [-0.4, -0.2) is 61.3 Å². The highest BCUT2D eigenvalue weighted by atomic mass is 32.2. The van der Waals surface area contributed by atoms with Crippen LogP contribution in [0.5, 0.6) is 0 Å². The quantitative estimate of drug-likeness (QED) is 0.158. The molecule has 0 saturated carbocycles.